The first kappa shape index (κ1) is 19.7. The van der Waals surface area contributed by atoms with Gasteiger partial charge in [-0.15, -0.1) is 0 Å². The number of likely N-dealkylation sites (tertiary alicyclic amines) is 1. The van der Waals surface area contributed by atoms with Crippen LogP contribution in [0.15, 0.2) is 18.2 Å². The number of carbonyl (C=O) groups excluding carboxylic acids is 4. The molecule has 1 aromatic carbocycles. The maximum atomic E-state index is 13.1. The first-order valence-corrected chi connectivity index (χ1v) is 9.81. The minimum atomic E-state index is -0.970. The Balaban J connectivity index is 1.55. The number of hydrogen-bond donors (Lipinski definition) is 3. The molecule has 0 spiro atoms. The topological polar surface area (TPSA) is 133 Å². The van der Waals surface area contributed by atoms with Crippen molar-refractivity contribution in [3.8, 4) is 0 Å². The molecule has 0 radical (unpaired) electrons. The Labute approximate surface area is 167 Å². The number of carbonyl (C=O) groups is 4. The summed E-state index contributed by atoms with van der Waals surface area (Å²) in [5.41, 5.74) is 6.12. The highest BCUT2D eigenvalue weighted by Gasteiger charge is 2.45. The smallest absolute Gasteiger partial charge is 0.262 e. The molecule has 4 N–H and O–H groups in total. The molecule has 0 saturated carbocycles. The van der Waals surface area contributed by atoms with Gasteiger partial charge in [-0.25, -0.2) is 0 Å². The molecule has 0 bridgehead atoms. The van der Waals surface area contributed by atoms with E-state index in [1.807, 2.05) is 6.07 Å². The second-order valence-electron chi connectivity index (χ2n) is 7.99. The average Bonchev–Trinajstić information content (AvgIpc) is 2.96. The third-order valence-corrected chi connectivity index (χ3v) is 6.12. The Hall–Kier alpha value is -2.62. The lowest BCUT2D eigenvalue weighted by Gasteiger charge is -2.37. The number of aliphatic hydroxyl groups is 1. The SMILES string of the molecule is NCC1(O)CCN(Cc2cccc3c2C(=O)N(C2CCC(=O)NC2=O)C3=O)CC1. The predicted molar refractivity (Wildman–Crippen MR) is 102 cm³/mol. The van der Waals surface area contributed by atoms with Crippen molar-refractivity contribution in [1.82, 2.24) is 15.1 Å². The number of amides is 4. The maximum Gasteiger partial charge on any atom is 0.262 e. The first-order chi connectivity index (χ1) is 13.8. The van der Waals surface area contributed by atoms with Gasteiger partial charge in [0.15, 0.2) is 0 Å². The molecule has 4 rings (SSSR count). The van der Waals surface area contributed by atoms with E-state index in [-0.39, 0.29) is 24.9 Å². The predicted octanol–water partition coefficient (Wildman–Crippen LogP) is -0.627. The van der Waals surface area contributed by atoms with Crippen LogP contribution in [-0.2, 0) is 16.1 Å². The summed E-state index contributed by atoms with van der Waals surface area (Å²) >= 11 is 0. The third kappa shape index (κ3) is 3.45. The Kier molecular flexibility index (Phi) is 4.97. The molecule has 0 aliphatic carbocycles. The highest BCUT2D eigenvalue weighted by molar-refractivity contribution is 6.24. The zero-order valence-electron chi connectivity index (χ0n) is 16.0. The van der Waals surface area contributed by atoms with Crippen LogP contribution >= 0.6 is 0 Å². The lowest BCUT2D eigenvalue weighted by molar-refractivity contribution is -0.136. The van der Waals surface area contributed by atoms with E-state index in [1.165, 1.54) is 0 Å². The van der Waals surface area contributed by atoms with Gasteiger partial charge in [-0.1, -0.05) is 12.1 Å². The second kappa shape index (κ2) is 7.33. The summed E-state index contributed by atoms with van der Waals surface area (Å²) in [5, 5.41) is 12.5. The second-order valence-corrected chi connectivity index (χ2v) is 7.99. The maximum absolute atomic E-state index is 13.1. The van der Waals surface area contributed by atoms with E-state index in [9.17, 15) is 24.3 Å². The normalized spacial score (nSPS) is 24.6. The Morgan fingerprint density at radius 2 is 1.86 bits per heavy atom. The van der Waals surface area contributed by atoms with Crippen LogP contribution < -0.4 is 11.1 Å². The molecule has 9 nitrogen and oxygen atoms in total. The standard InChI is InChI=1S/C20H24N4O5/c21-11-20(29)6-8-23(9-7-20)10-12-2-1-3-13-16(12)19(28)24(18(13)27)14-4-5-15(25)22-17(14)26/h1-3,14,29H,4-11,21H2,(H,22,25,26). The number of piperidine rings is 2. The van der Waals surface area contributed by atoms with E-state index < -0.39 is 35.3 Å². The van der Waals surface area contributed by atoms with Crippen molar-refractivity contribution in [3.63, 3.8) is 0 Å². The van der Waals surface area contributed by atoms with Gasteiger partial charge in [-0.2, -0.15) is 0 Å². The fraction of sp³-hybridized carbons (Fsp3) is 0.500. The van der Waals surface area contributed by atoms with Crippen LogP contribution in [-0.4, -0.2) is 69.8 Å². The Morgan fingerprint density at radius 3 is 2.52 bits per heavy atom. The summed E-state index contributed by atoms with van der Waals surface area (Å²) in [6.45, 7) is 1.95. The average molecular weight is 400 g/mol. The van der Waals surface area contributed by atoms with Gasteiger partial charge in [0, 0.05) is 32.6 Å². The molecule has 1 unspecified atom stereocenters. The quantitative estimate of drug-likeness (QED) is 0.573. The zero-order chi connectivity index (χ0) is 20.8. The van der Waals surface area contributed by atoms with Crippen molar-refractivity contribution < 1.29 is 24.3 Å². The molecule has 154 valence electrons. The fourth-order valence-electron chi connectivity index (χ4n) is 4.29. The van der Waals surface area contributed by atoms with E-state index in [0.717, 1.165) is 4.90 Å². The number of hydrogen-bond acceptors (Lipinski definition) is 7. The number of benzene rings is 1. The summed E-state index contributed by atoms with van der Waals surface area (Å²) < 4.78 is 0. The van der Waals surface area contributed by atoms with E-state index in [2.05, 4.69) is 10.2 Å². The van der Waals surface area contributed by atoms with Gasteiger partial charge in [0.1, 0.15) is 6.04 Å². The van der Waals surface area contributed by atoms with Crippen LogP contribution in [0, 0.1) is 0 Å². The number of imide groups is 2. The number of nitrogens with two attached hydrogens (primary N) is 1. The van der Waals surface area contributed by atoms with Gasteiger partial charge >= 0.3 is 0 Å². The number of fused-ring (bicyclic) bond motifs is 1. The molecule has 2 saturated heterocycles. The molecule has 4 amide bonds. The lowest BCUT2D eigenvalue weighted by Crippen LogP contribution is -2.54. The summed E-state index contributed by atoms with van der Waals surface area (Å²) in [4.78, 5) is 52.7. The van der Waals surface area contributed by atoms with Crippen LogP contribution in [0.3, 0.4) is 0 Å². The molecular weight excluding hydrogens is 376 g/mol. The number of rotatable bonds is 4. The number of nitrogens with zero attached hydrogens (tertiary/aromatic N) is 2. The van der Waals surface area contributed by atoms with E-state index in [1.54, 1.807) is 12.1 Å². The summed E-state index contributed by atoms with van der Waals surface area (Å²) in [6.07, 6.45) is 1.32. The van der Waals surface area contributed by atoms with Gasteiger partial charge in [-0.3, -0.25) is 34.3 Å². The molecule has 9 heteroatoms. The highest BCUT2D eigenvalue weighted by Crippen LogP contribution is 2.31. The molecule has 0 aromatic heterocycles. The lowest BCUT2D eigenvalue weighted by atomic mass is 9.91. The third-order valence-electron chi connectivity index (χ3n) is 6.12. The van der Waals surface area contributed by atoms with Gasteiger partial charge in [-0.05, 0) is 30.9 Å². The Morgan fingerprint density at radius 1 is 1.14 bits per heavy atom. The molecule has 1 aromatic rings. The zero-order valence-corrected chi connectivity index (χ0v) is 16.0. The summed E-state index contributed by atoms with van der Waals surface area (Å²) in [5.74, 6) is -2.01. The minimum absolute atomic E-state index is 0.0918. The van der Waals surface area contributed by atoms with Crippen molar-refractivity contribution in [2.75, 3.05) is 19.6 Å². The molecule has 3 aliphatic heterocycles. The summed E-state index contributed by atoms with van der Waals surface area (Å²) in [7, 11) is 0. The fourth-order valence-corrected chi connectivity index (χ4v) is 4.29. The van der Waals surface area contributed by atoms with E-state index >= 15 is 0 Å². The van der Waals surface area contributed by atoms with Gasteiger partial charge in [0.05, 0.1) is 16.7 Å². The van der Waals surface area contributed by atoms with Crippen LogP contribution in [0.5, 0.6) is 0 Å². The molecule has 29 heavy (non-hydrogen) atoms. The van der Waals surface area contributed by atoms with Crippen molar-refractivity contribution in [3.05, 3.63) is 34.9 Å². The monoisotopic (exact) mass is 400 g/mol. The van der Waals surface area contributed by atoms with Gasteiger partial charge in [0.25, 0.3) is 11.8 Å². The van der Waals surface area contributed by atoms with Crippen LogP contribution in [0.4, 0.5) is 0 Å². The van der Waals surface area contributed by atoms with E-state index in [0.29, 0.717) is 43.6 Å². The summed E-state index contributed by atoms with van der Waals surface area (Å²) in [6, 6.07) is 4.16. The van der Waals surface area contributed by atoms with E-state index in [4.69, 9.17) is 5.73 Å². The van der Waals surface area contributed by atoms with Crippen molar-refractivity contribution in [2.45, 2.75) is 43.9 Å². The first-order valence-electron chi connectivity index (χ1n) is 9.81. The van der Waals surface area contributed by atoms with Crippen molar-refractivity contribution >= 4 is 23.6 Å². The molecule has 2 fully saturated rings. The molecular formula is C20H24N4O5. The largest absolute Gasteiger partial charge is 0.388 e. The Bertz CT molecular complexity index is 891. The number of nitrogens with one attached hydrogen (secondary N) is 1. The molecule has 3 heterocycles. The van der Waals surface area contributed by atoms with Crippen molar-refractivity contribution in [1.29, 1.82) is 0 Å². The molecule has 3 aliphatic rings. The van der Waals surface area contributed by atoms with Crippen LogP contribution in [0.2, 0.25) is 0 Å². The minimum Gasteiger partial charge on any atom is -0.388 e. The van der Waals surface area contributed by atoms with Crippen molar-refractivity contribution in [2.24, 2.45) is 5.73 Å². The van der Waals surface area contributed by atoms with Gasteiger partial charge in [0.2, 0.25) is 11.8 Å². The highest BCUT2D eigenvalue weighted by atomic mass is 16.3. The van der Waals surface area contributed by atoms with Crippen LogP contribution in [0.1, 0.15) is 52.0 Å². The molecule has 1 atom stereocenters. The van der Waals surface area contributed by atoms with Crippen LogP contribution in [0.25, 0.3) is 0 Å². The van der Waals surface area contributed by atoms with Gasteiger partial charge < -0.3 is 10.8 Å².